The third-order valence-corrected chi connectivity index (χ3v) is 8.43. The number of fused-ring (bicyclic) bond motifs is 3. The van der Waals surface area contributed by atoms with Gasteiger partial charge in [0.25, 0.3) is 0 Å². The molecule has 0 bridgehead atoms. The molecule has 5 rings (SSSR count). The summed E-state index contributed by atoms with van der Waals surface area (Å²) in [6.07, 6.45) is 12.0. The van der Waals surface area contributed by atoms with Crippen LogP contribution in [0.2, 0.25) is 0 Å². The molecule has 2 saturated carbocycles. The highest BCUT2D eigenvalue weighted by Gasteiger charge is 2.44. The average Bonchev–Trinajstić information content (AvgIpc) is 3.37. The number of sulfonamides is 1. The molecule has 27 heavy (non-hydrogen) atoms. The SMILES string of the molecule is NS(=O)(=O)[C@H]1CC[C@H](Nc2c3c(nc4ccnn24)C2(CCCC2)CC3)CC1. The molecule has 2 fully saturated rings. The maximum atomic E-state index is 11.6. The number of nitrogens with two attached hydrogens (primary N) is 1. The van der Waals surface area contributed by atoms with Crippen molar-refractivity contribution in [3.63, 3.8) is 0 Å². The van der Waals surface area contributed by atoms with Gasteiger partial charge in [0.1, 0.15) is 5.82 Å². The number of primary sulfonamides is 1. The summed E-state index contributed by atoms with van der Waals surface area (Å²) in [5, 5.41) is 13.2. The molecule has 0 unspecified atom stereocenters. The Labute approximate surface area is 159 Å². The number of anilines is 1. The maximum Gasteiger partial charge on any atom is 0.211 e. The Kier molecular flexibility index (Phi) is 3.98. The van der Waals surface area contributed by atoms with Gasteiger partial charge in [-0.05, 0) is 51.4 Å². The van der Waals surface area contributed by atoms with E-state index in [9.17, 15) is 8.42 Å². The van der Waals surface area contributed by atoms with Gasteiger partial charge in [-0.25, -0.2) is 18.5 Å². The lowest BCUT2D eigenvalue weighted by atomic mass is 9.83. The van der Waals surface area contributed by atoms with Crippen molar-refractivity contribution in [2.75, 3.05) is 5.32 Å². The van der Waals surface area contributed by atoms with Gasteiger partial charge in [0.05, 0.1) is 17.1 Å². The molecule has 2 aromatic heterocycles. The van der Waals surface area contributed by atoms with E-state index in [4.69, 9.17) is 10.1 Å². The van der Waals surface area contributed by atoms with Crippen molar-refractivity contribution in [3.8, 4) is 0 Å². The van der Waals surface area contributed by atoms with Gasteiger partial charge in [-0.15, -0.1) is 0 Å². The summed E-state index contributed by atoms with van der Waals surface area (Å²) in [4.78, 5) is 5.01. The van der Waals surface area contributed by atoms with Gasteiger partial charge in [0.15, 0.2) is 5.65 Å². The van der Waals surface area contributed by atoms with E-state index < -0.39 is 15.3 Å². The molecular formula is C19H27N5O2S. The molecule has 1 spiro atoms. The van der Waals surface area contributed by atoms with Crippen molar-refractivity contribution >= 4 is 21.5 Å². The van der Waals surface area contributed by atoms with E-state index >= 15 is 0 Å². The molecule has 3 N–H and O–H groups in total. The Bertz CT molecular complexity index is 969. The molecule has 2 heterocycles. The molecule has 3 aliphatic carbocycles. The number of rotatable bonds is 3. The van der Waals surface area contributed by atoms with Crippen molar-refractivity contribution < 1.29 is 8.42 Å². The summed E-state index contributed by atoms with van der Waals surface area (Å²) in [6.45, 7) is 0. The third kappa shape index (κ3) is 2.84. The van der Waals surface area contributed by atoms with E-state index in [1.165, 1.54) is 43.4 Å². The smallest absolute Gasteiger partial charge is 0.211 e. The van der Waals surface area contributed by atoms with Gasteiger partial charge in [-0.3, -0.25) is 0 Å². The largest absolute Gasteiger partial charge is 0.367 e. The van der Waals surface area contributed by atoms with Gasteiger partial charge < -0.3 is 5.32 Å². The summed E-state index contributed by atoms with van der Waals surface area (Å²) >= 11 is 0. The molecule has 0 aromatic carbocycles. The lowest BCUT2D eigenvalue weighted by Crippen LogP contribution is -2.36. The number of nitrogens with one attached hydrogen (secondary N) is 1. The second-order valence-corrected chi connectivity index (χ2v) is 10.4. The normalized spacial score (nSPS) is 27.3. The number of aromatic nitrogens is 3. The van der Waals surface area contributed by atoms with Crippen molar-refractivity contribution in [1.29, 1.82) is 0 Å². The van der Waals surface area contributed by atoms with Crippen molar-refractivity contribution in [1.82, 2.24) is 14.6 Å². The van der Waals surface area contributed by atoms with Gasteiger partial charge in [-0.2, -0.15) is 9.61 Å². The third-order valence-electron chi connectivity index (χ3n) is 7.03. The molecule has 0 amide bonds. The fraction of sp³-hybridized carbons (Fsp3) is 0.684. The van der Waals surface area contributed by atoms with Crippen LogP contribution < -0.4 is 10.5 Å². The van der Waals surface area contributed by atoms with E-state index in [2.05, 4.69) is 10.4 Å². The van der Waals surface area contributed by atoms with Crippen LogP contribution in [0, 0.1) is 0 Å². The monoisotopic (exact) mass is 389 g/mol. The molecule has 7 nitrogen and oxygen atoms in total. The van der Waals surface area contributed by atoms with Gasteiger partial charge in [0, 0.05) is 23.1 Å². The first-order valence-corrected chi connectivity index (χ1v) is 11.7. The van der Waals surface area contributed by atoms with Crippen LogP contribution in [0.1, 0.15) is 69.0 Å². The first-order chi connectivity index (χ1) is 13.0. The second-order valence-electron chi connectivity index (χ2n) is 8.58. The Morgan fingerprint density at radius 3 is 2.59 bits per heavy atom. The fourth-order valence-electron chi connectivity index (χ4n) is 5.55. The summed E-state index contributed by atoms with van der Waals surface area (Å²) in [7, 11) is -3.43. The first-order valence-electron chi connectivity index (χ1n) is 10.1. The Morgan fingerprint density at radius 2 is 1.89 bits per heavy atom. The van der Waals surface area contributed by atoms with Gasteiger partial charge in [0.2, 0.25) is 10.0 Å². The highest BCUT2D eigenvalue weighted by atomic mass is 32.2. The minimum absolute atomic E-state index is 0.252. The molecule has 0 saturated heterocycles. The summed E-state index contributed by atoms with van der Waals surface area (Å²) in [6, 6.07) is 2.23. The molecule has 146 valence electrons. The maximum absolute atomic E-state index is 11.6. The predicted molar refractivity (Wildman–Crippen MR) is 104 cm³/mol. The first kappa shape index (κ1) is 17.4. The van der Waals surface area contributed by atoms with E-state index in [-0.39, 0.29) is 11.5 Å². The van der Waals surface area contributed by atoms with Crippen LogP contribution in [0.5, 0.6) is 0 Å². The molecule has 8 heteroatoms. The molecule has 0 radical (unpaired) electrons. The number of hydrogen-bond acceptors (Lipinski definition) is 5. The summed E-state index contributed by atoms with van der Waals surface area (Å²) in [5.41, 5.74) is 3.78. The average molecular weight is 390 g/mol. The van der Waals surface area contributed by atoms with Crippen LogP contribution in [0.3, 0.4) is 0 Å². The Balaban J connectivity index is 1.47. The second kappa shape index (κ2) is 6.17. The Hall–Kier alpha value is -1.67. The summed E-state index contributed by atoms with van der Waals surface area (Å²) < 4.78 is 25.2. The van der Waals surface area contributed by atoms with Crippen LogP contribution in [0.15, 0.2) is 12.3 Å². The zero-order valence-corrected chi connectivity index (χ0v) is 16.3. The van der Waals surface area contributed by atoms with Crippen LogP contribution in [-0.4, -0.2) is 34.3 Å². The van der Waals surface area contributed by atoms with Crippen LogP contribution >= 0.6 is 0 Å². The Morgan fingerprint density at radius 1 is 1.15 bits per heavy atom. The van der Waals surface area contributed by atoms with E-state index in [1.807, 2.05) is 16.8 Å². The van der Waals surface area contributed by atoms with Crippen molar-refractivity contribution in [3.05, 3.63) is 23.5 Å². The predicted octanol–water partition coefficient (Wildman–Crippen LogP) is 2.50. The molecule has 3 aliphatic rings. The molecule has 0 atom stereocenters. The number of hydrogen-bond donors (Lipinski definition) is 2. The van der Waals surface area contributed by atoms with E-state index in [1.54, 1.807) is 0 Å². The van der Waals surface area contributed by atoms with E-state index in [0.717, 1.165) is 30.7 Å². The van der Waals surface area contributed by atoms with Gasteiger partial charge >= 0.3 is 0 Å². The van der Waals surface area contributed by atoms with Crippen molar-refractivity contribution in [2.45, 2.75) is 80.9 Å². The van der Waals surface area contributed by atoms with Crippen LogP contribution in [0.25, 0.3) is 5.65 Å². The zero-order chi connectivity index (χ0) is 18.6. The van der Waals surface area contributed by atoms with Crippen LogP contribution in [-0.2, 0) is 21.9 Å². The molecule has 0 aliphatic heterocycles. The molecular weight excluding hydrogens is 362 g/mol. The minimum atomic E-state index is -3.43. The number of nitrogens with zero attached hydrogens (tertiary/aromatic N) is 3. The lowest BCUT2D eigenvalue weighted by molar-refractivity contribution is 0.429. The zero-order valence-electron chi connectivity index (χ0n) is 15.5. The fourth-order valence-corrected chi connectivity index (χ4v) is 6.48. The lowest BCUT2D eigenvalue weighted by Gasteiger charge is -2.29. The minimum Gasteiger partial charge on any atom is -0.367 e. The van der Waals surface area contributed by atoms with Crippen LogP contribution in [0.4, 0.5) is 5.82 Å². The van der Waals surface area contributed by atoms with E-state index in [0.29, 0.717) is 12.8 Å². The standard InChI is InChI=1S/C19H27N5O2S/c20-27(25,26)14-5-3-13(4-6-14)22-18-15-7-11-19(9-1-2-10-19)17(15)23-16-8-12-21-24(16)18/h8,12-14,22H,1-7,9-11H2,(H2,20,25,26)/t13-,14-. The quantitative estimate of drug-likeness (QED) is 0.840. The van der Waals surface area contributed by atoms with Crippen molar-refractivity contribution in [2.24, 2.45) is 5.14 Å². The summed E-state index contributed by atoms with van der Waals surface area (Å²) in [5.74, 6) is 1.07. The molecule has 2 aromatic rings. The van der Waals surface area contributed by atoms with Gasteiger partial charge in [-0.1, -0.05) is 12.8 Å². The highest BCUT2D eigenvalue weighted by molar-refractivity contribution is 7.89. The highest BCUT2D eigenvalue weighted by Crippen LogP contribution is 2.51. The topological polar surface area (TPSA) is 102 Å².